The maximum absolute atomic E-state index is 12.6. The summed E-state index contributed by atoms with van der Waals surface area (Å²) in [6, 6.07) is 11.1. The molecule has 164 valence electrons. The largest absolute Gasteiger partial charge is 0.507 e. The molecule has 0 aliphatic carbocycles. The number of nitrogens with zero attached hydrogens (tertiary/aromatic N) is 1. The van der Waals surface area contributed by atoms with Gasteiger partial charge in [0.1, 0.15) is 11.0 Å². The molecule has 2 aliphatic rings. The summed E-state index contributed by atoms with van der Waals surface area (Å²) in [5.41, 5.74) is 4.48. The molecular formula is C24H26BrNO4S. The molecule has 2 aliphatic heterocycles. The number of halogens is 1. The molecule has 0 saturated carbocycles. The van der Waals surface area contributed by atoms with Crippen LogP contribution in [0.4, 0.5) is 0 Å². The predicted octanol–water partition coefficient (Wildman–Crippen LogP) is 5.02. The number of phenolic OH excluding ortho intramolecular Hbond substituents is 1. The molecule has 1 N–H and O–H groups in total. The minimum absolute atomic E-state index is 0.152. The SMILES string of the molecule is CC(C)C1=C2[C@@H](CC/C(=C/c3cc(Br)ccc3O)c3ccccn3)OC[C@@H]2S(=O)(=O)C1. The van der Waals surface area contributed by atoms with Gasteiger partial charge in [-0.3, -0.25) is 4.98 Å². The summed E-state index contributed by atoms with van der Waals surface area (Å²) < 4.78 is 32.0. The average Bonchev–Trinajstić information content (AvgIpc) is 3.28. The van der Waals surface area contributed by atoms with Crippen LogP contribution in [0.2, 0.25) is 0 Å². The molecule has 0 spiro atoms. The number of hydrogen-bond donors (Lipinski definition) is 1. The number of ether oxygens (including phenoxy) is 1. The topological polar surface area (TPSA) is 76.5 Å². The number of phenols is 1. The first-order chi connectivity index (χ1) is 14.8. The zero-order valence-electron chi connectivity index (χ0n) is 17.6. The number of aromatic hydroxyl groups is 1. The van der Waals surface area contributed by atoms with Gasteiger partial charge in [0.15, 0.2) is 9.84 Å². The van der Waals surface area contributed by atoms with Gasteiger partial charge < -0.3 is 9.84 Å². The van der Waals surface area contributed by atoms with E-state index < -0.39 is 15.1 Å². The maximum atomic E-state index is 12.6. The number of rotatable bonds is 6. The number of hydrogen-bond acceptors (Lipinski definition) is 5. The summed E-state index contributed by atoms with van der Waals surface area (Å²) in [4.78, 5) is 4.49. The zero-order valence-corrected chi connectivity index (χ0v) is 20.0. The van der Waals surface area contributed by atoms with Crippen molar-refractivity contribution in [3.05, 3.63) is 69.5 Å². The standard InChI is InChI=1S/C24H26BrNO4S/c1-15(2)19-14-31(28,29)23-13-30-22(24(19)23)9-6-16(20-5-3-4-10-26-20)11-17-12-18(25)7-8-21(17)27/h3-5,7-8,10-12,15,22-23,27H,6,9,13-14H2,1-2H3/b16-11-/t22-,23+/m1/s1. The molecule has 0 amide bonds. The first-order valence-corrected chi connectivity index (χ1v) is 12.9. The Labute approximate surface area is 191 Å². The molecule has 31 heavy (non-hydrogen) atoms. The van der Waals surface area contributed by atoms with Crippen LogP contribution in [0.1, 0.15) is 37.9 Å². The average molecular weight is 504 g/mol. The van der Waals surface area contributed by atoms with Gasteiger partial charge in [-0.05, 0) is 71.9 Å². The molecule has 0 radical (unpaired) electrons. The second-order valence-electron chi connectivity index (χ2n) is 8.38. The maximum Gasteiger partial charge on any atom is 0.163 e. The van der Waals surface area contributed by atoms with Gasteiger partial charge in [0.25, 0.3) is 0 Å². The molecule has 1 fully saturated rings. The van der Waals surface area contributed by atoms with E-state index in [9.17, 15) is 13.5 Å². The molecule has 3 heterocycles. The van der Waals surface area contributed by atoms with Gasteiger partial charge in [0.05, 0.1) is 24.2 Å². The van der Waals surface area contributed by atoms with E-state index in [0.717, 1.165) is 26.9 Å². The lowest BCUT2D eigenvalue weighted by atomic mass is 9.91. The summed E-state index contributed by atoms with van der Waals surface area (Å²) in [6.07, 6.45) is 4.79. The van der Waals surface area contributed by atoms with Crippen molar-refractivity contribution in [2.75, 3.05) is 12.4 Å². The molecule has 4 rings (SSSR count). The van der Waals surface area contributed by atoms with Crippen LogP contribution in [0.15, 0.2) is 58.2 Å². The van der Waals surface area contributed by atoms with Gasteiger partial charge in [-0.2, -0.15) is 0 Å². The van der Waals surface area contributed by atoms with Crippen LogP contribution in [0.3, 0.4) is 0 Å². The van der Waals surface area contributed by atoms with E-state index in [1.807, 2.05) is 44.2 Å². The highest BCUT2D eigenvalue weighted by Gasteiger charge is 2.47. The van der Waals surface area contributed by atoms with Crippen molar-refractivity contribution in [3.8, 4) is 5.75 Å². The van der Waals surface area contributed by atoms with Gasteiger partial charge >= 0.3 is 0 Å². The Morgan fingerprint density at radius 3 is 2.84 bits per heavy atom. The Kier molecular flexibility index (Phi) is 6.37. The van der Waals surface area contributed by atoms with Gasteiger partial charge in [0, 0.05) is 16.2 Å². The van der Waals surface area contributed by atoms with Crippen LogP contribution in [-0.2, 0) is 14.6 Å². The number of allylic oxidation sites excluding steroid dienone is 1. The van der Waals surface area contributed by atoms with Crippen molar-refractivity contribution >= 4 is 37.4 Å². The fourth-order valence-corrected chi connectivity index (χ4v) is 6.87. The minimum Gasteiger partial charge on any atom is -0.507 e. The molecular weight excluding hydrogens is 478 g/mol. The summed E-state index contributed by atoms with van der Waals surface area (Å²) >= 11 is 3.46. The second kappa shape index (κ2) is 8.88. The van der Waals surface area contributed by atoms with Crippen molar-refractivity contribution in [1.29, 1.82) is 0 Å². The van der Waals surface area contributed by atoms with Gasteiger partial charge in [-0.25, -0.2) is 8.42 Å². The predicted molar refractivity (Wildman–Crippen MR) is 126 cm³/mol. The number of benzene rings is 1. The smallest absolute Gasteiger partial charge is 0.163 e. The third-order valence-electron chi connectivity index (χ3n) is 5.99. The summed E-state index contributed by atoms with van der Waals surface area (Å²) in [7, 11) is -3.16. The molecule has 1 aromatic carbocycles. The lowest BCUT2D eigenvalue weighted by molar-refractivity contribution is 0.118. The highest BCUT2D eigenvalue weighted by Crippen LogP contribution is 2.41. The molecule has 1 aromatic heterocycles. The molecule has 2 atom stereocenters. The van der Waals surface area contributed by atoms with Crippen molar-refractivity contribution in [2.45, 2.75) is 38.0 Å². The van der Waals surface area contributed by atoms with Gasteiger partial charge in [0.2, 0.25) is 0 Å². The van der Waals surface area contributed by atoms with E-state index in [4.69, 9.17) is 4.74 Å². The van der Waals surface area contributed by atoms with E-state index in [1.165, 1.54) is 0 Å². The first-order valence-electron chi connectivity index (χ1n) is 10.4. The number of pyridine rings is 1. The van der Waals surface area contributed by atoms with Gasteiger partial charge in [-0.1, -0.05) is 35.8 Å². The number of sulfone groups is 1. The van der Waals surface area contributed by atoms with Gasteiger partial charge in [-0.15, -0.1) is 0 Å². The Morgan fingerprint density at radius 2 is 2.13 bits per heavy atom. The van der Waals surface area contributed by atoms with Crippen molar-refractivity contribution in [2.24, 2.45) is 5.92 Å². The Hall–Kier alpha value is -1.96. The van der Waals surface area contributed by atoms with Crippen LogP contribution < -0.4 is 0 Å². The second-order valence-corrected chi connectivity index (χ2v) is 11.5. The van der Waals surface area contributed by atoms with Crippen molar-refractivity contribution in [3.63, 3.8) is 0 Å². The molecule has 0 bridgehead atoms. The molecule has 2 aromatic rings. The van der Waals surface area contributed by atoms with Crippen LogP contribution in [0, 0.1) is 5.92 Å². The Morgan fingerprint density at radius 1 is 1.32 bits per heavy atom. The number of fused-ring (bicyclic) bond motifs is 1. The molecule has 5 nitrogen and oxygen atoms in total. The fraction of sp³-hybridized carbons (Fsp3) is 0.375. The Balaban J connectivity index is 1.64. The lowest BCUT2D eigenvalue weighted by Gasteiger charge is -2.17. The molecule has 0 unspecified atom stereocenters. The summed E-state index contributed by atoms with van der Waals surface area (Å²) in [6.45, 7) is 4.34. The monoisotopic (exact) mass is 503 g/mol. The zero-order chi connectivity index (χ0) is 22.2. The third-order valence-corrected chi connectivity index (χ3v) is 8.45. The van der Waals surface area contributed by atoms with Crippen LogP contribution in [-0.4, -0.2) is 42.2 Å². The third kappa shape index (κ3) is 4.64. The lowest BCUT2D eigenvalue weighted by Crippen LogP contribution is -2.19. The fourth-order valence-electron chi connectivity index (χ4n) is 4.38. The molecule has 7 heteroatoms. The van der Waals surface area contributed by atoms with E-state index in [2.05, 4.69) is 20.9 Å². The quantitative estimate of drug-likeness (QED) is 0.560. The van der Waals surface area contributed by atoms with E-state index in [1.54, 1.807) is 18.3 Å². The van der Waals surface area contributed by atoms with Crippen LogP contribution in [0.25, 0.3) is 11.6 Å². The van der Waals surface area contributed by atoms with Crippen molar-refractivity contribution in [1.82, 2.24) is 4.98 Å². The first kappa shape index (κ1) is 22.2. The minimum atomic E-state index is -3.16. The van der Waals surface area contributed by atoms with Crippen molar-refractivity contribution < 1.29 is 18.3 Å². The van der Waals surface area contributed by atoms with Crippen LogP contribution >= 0.6 is 15.9 Å². The van der Waals surface area contributed by atoms with E-state index in [0.29, 0.717) is 18.4 Å². The molecule has 1 saturated heterocycles. The van der Waals surface area contributed by atoms with E-state index in [-0.39, 0.29) is 30.1 Å². The Bertz CT molecular complexity index is 1140. The number of aromatic nitrogens is 1. The highest BCUT2D eigenvalue weighted by atomic mass is 79.9. The summed E-state index contributed by atoms with van der Waals surface area (Å²) in [5.74, 6) is 0.531. The normalized spacial score (nSPS) is 22.9. The summed E-state index contributed by atoms with van der Waals surface area (Å²) in [5, 5.41) is 9.81. The highest BCUT2D eigenvalue weighted by molar-refractivity contribution is 9.10. The van der Waals surface area contributed by atoms with Crippen LogP contribution in [0.5, 0.6) is 5.75 Å². The van der Waals surface area contributed by atoms with E-state index >= 15 is 0 Å².